The predicted octanol–water partition coefficient (Wildman–Crippen LogP) is 2.97. The quantitative estimate of drug-likeness (QED) is 0.630. The van der Waals surface area contributed by atoms with E-state index < -0.39 is 0 Å². The molecule has 0 unspecified atom stereocenters. The van der Waals surface area contributed by atoms with E-state index >= 15 is 0 Å². The molecule has 0 saturated carbocycles. The van der Waals surface area contributed by atoms with Crippen molar-refractivity contribution in [3.05, 3.63) is 0 Å². The molecule has 1 atom stereocenters. The van der Waals surface area contributed by atoms with Gasteiger partial charge in [-0.2, -0.15) is 0 Å². The fourth-order valence-corrected chi connectivity index (χ4v) is 1.48. The first-order valence-electron chi connectivity index (χ1n) is 4.94. The second-order valence-electron chi connectivity index (χ2n) is 3.29. The SMILES string of the molecule is CCCC[C@@H](O)C(CC)CC. The van der Waals surface area contributed by atoms with Crippen molar-refractivity contribution >= 4 is 0 Å². The molecule has 1 N–H and O–H groups in total. The van der Waals surface area contributed by atoms with Gasteiger partial charge in [0.2, 0.25) is 0 Å². The minimum atomic E-state index is -0.0510. The zero-order valence-electron chi connectivity index (χ0n) is 8.14. The van der Waals surface area contributed by atoms with Crippen LogP contribution in [0.3, 0.4) is 0 Å². The molecule has 0 aliphatic heterocycles. The lowest BCUT2D eigenvalue weighted by atomic mass is 9.93. The molecule has 0 saturated heterocycles. The second-order valence-corrected chi connectivity index (χ2v) is 3.29. The summed E-state index contributed by atoms with van der Waals surface area (Å²) < 4.78 is 0. The summed E-state index contributed by atoms with van der Waals surface area (Å²) in [6, 6.07) is 0. The average Bonchev–Trinajstić information content (AvgIpc) is 2.03. The van der Waals surface area contributed by atoms with Crippen LogP contribution in [0.4, 0.5) is 0 Å². The maximum absolute atomic E-state index is 9.64. The first kappa shape index (κ1) is 11.0. The molecule has 0 aliphatic rings. The van der Waals surface area contributed by atoms with Gasteiger partial charge < -0.3 is 5.11 Å². The zero-order chi connectivity index (χ0) is 8.69. The lowest BCUT2D eigenvalue weighted by Crippen LogP contribution is -2.18. The third-order valence-corrected chi connectivity index (χ3v) is 2.45. The molecule has 0 aliphatic carbocycles. The molecule has 0 fully saturated rings. The summed E-state index contributed by atoms with van der Waals surface area (Å²) in [4.78, 5) is 0. The van der Waals surface area contributed by atoms with E-state index in [1.165, 1.54) is 6.42 Å². The summed E-state index contributed by atoms with van der Waals surface area (Å²) in [5, 5.41) is 9.64. The Balaban J connectivity index is 3.51. The summed E-state index contributed by atoms with van der Waals surface area (Å²) in [5.74, 6) is 0.529. The van der Waals surface area contributed by atoms with E-state index in [-0.39, 0.29) is 6.10 Å². The van der Waals surface area contributed by atoms with Crippen molar-refractivity contribution in [1.82, 2.24) is 0 Å². The van der Waals surface area contributed by atoms with Crippen LogP contribution in [-0.2, 0) is 0 Å². The summed E-state index contributed by atoms with van der Waals surface area (Å²) in [7, 11) is 0. The average molecular weight is 158 g/mol. The Morgan fingerprint density at radius 3 is 2.00 bits per heavy atom. The Morgan fingerprint density at radius 1 is 1.09 bits per heavy atom. The van der Waals surface area contributed by atoms with Crippen LogP contribution in [0.25, 0.3) is 0 Å². The first-order valence-corrected chi connectivity index (χ1v) is 4.94. The number of aliphatic hydroxyl groups is 1. The third kappa shape index (κ3) is 4.41. The summed E-state index contributed by atoms with van der Waals surface area (Å²) >= 11 is 0. The molecular formula is C10H22O. The van der Waals surface area contributed by atoms with Crippen molar-refractivity contribution < 1.29 is 5.11 Å². The number of hydrogen-bond acceptors (Lipinski definition) is 1. The van der Waals surface area contributed by atoms with Gasteiger partial charge >= 0.3 is 0 Å². The molecule has 0 radical (unpaired) electrons. The number of rotatable bonds is 6. The van der Waals surface area contributed by atoms with Gasteiger partial charge in [0.1, 0.15) is 0 Å². The predicted molar refractivity (Wildman–Crippen MR) is 49.6 cm³/mol. The van der Waals surface area contributed by atoms with E-state index in [1.54, 1.807) is 0 Å². The Bertz CT molecular complexity index is 76.9. The highest BCUT2D eigenvalue weighted by atomic mass is 16.3. The van der Waals surface area contributed by atoms with Gasteiger partial charge in [-0.25, -0.2) is 0 Å². The van der Waals surface area contributed by atoms with Crippen molar-refractivity contribution in [2.24, 2.45) is 5.92 Å². The van der Waals surface area contributed by atoms with Crippen LogP contribution in [0.15, 0.2) is 0 Å². The van der Waals surface area contributed by atoms with Crippen molar-refractivity contribution in [1.29, 1.82) is 0 Å². The molecular weight excluding hydrogens is 136 g/mol. The van der Waals surface area contributed by atoms with E-state index in [2.05, 4.69) is 20.8 Å². The highest BCUT2D eigenvalue weighted by Gasteiger charge is 2.13. The summed E-state index contributed by atoms with van der Waals surface area (Å²) in [6.07, 6.45) is 5.52. The van der Waals surface area contributed by atoms with E-state index in [4.69, 9.17) is 0 Å². The van der Waals surface area contributed by atoms with Gasteiger partial charge in [0.15, 0.2) is 0 Å². The van der Waals surface area contributed by atoms with Crippen LogP contribution in [0.1, 0.15) is 52.9 Å². The topological polar surface area (TPSA) is 20.2 Å². The Kier molecular flexibility index (Phi) is 6.63. The molecule has 0 bridgehead atoms. The van der Waals surface area contributed by atoms with Crippen LogP contribution in [0.5, 0.6) is 0 Å². The molecule has 0 rings (SSSR count). The molecule has 11 heavy (non-hydrogen) atoms. The van der Waals surface area contributed by atoms with E-state index in [0.29, 0.717) is 5.92 Å². The molecule has 0 aromatic carbocycles. The molecule has 0 heterocycles. The van der Waals surface area contributed by atoms with Gasteiger partial charge in [-0.1, -0.05) is 46.5 Å². The summed E-state index contributed by atoms with van der Waals surface area (Å²) in [5.41, 5.74) is 0. The Labute approximate surface area is 70.8 Å². The monoisotopic (exact) mass is 158 g/mol. The Morgan fingerprint density at radius 2 is 1.64 bits per heavy atom. The second kappa shape index (κ2) is 6.66. The number of hydrogen-bond donors (Lipinski definition) is 1. The van der Waals surface area contributed by atoms with Crippen LogP contribution < -0.4 is 0 Å². The molecule has 0 spiro atoms. The fraction of sp³-hybridized carbons (Fsp3) is 1.00. The first-order chi connectivity index (χ1) is 5.26. The van der Waals surface area contributed by atoms with Gasteiger partial charge in [-0.3, -0.25) is 0 Å². The molecule has 0 amide bonds. The van der Waals surface area contributed by atoms with Gasteiger partial charge in [-0.05, 0) is 12.3 Å². The van der Waals surface area contributed by atoms with Crippen LogP contribution in [0, 0.1) is 5.92 Å². The van der Waals surface area contributed by atoms with Crippen LogP contribution in [-0.4, -0.2) is 11.2 Å². The van der Waals surface area contributed by atoms with Crippen molar-refractivity contribution in [2.75, 3.05) is 0 Å². The molecule has 0 aromatic rings. The van der Waals surface area contributed by atoms with E-state index in [9.17, 15) is 5.11 Å². The van der Waals surface area contributed by atoms with Gasteiger partial charge in [0, 0.05) is 0 Å². The van der Waals surface area contributed by atoms with Crippen molar-refractivity contribution in [2.45, 2.75) is 59.0 Å². The lowest BCUT2D eigenvalue weighted by molar-refractivity contribution is 0.0920. The Hall–Kier alpha value is -0.0400. The zero-order valence-corrected chi connectivity index (χ0v) is 8.14. The largest absolute Gasteiger partial charge is 0.393 e. The molecule has 1 heteroatoms. The van der Waals surface area contributed by atoms with Crippen molar-refractivity contribution in [3.63, 3.8) is 0 Å². The number of unbranched alkanes of at least 4 members (excludes halogenated alkanes) is 1. The smallest absolute Gasteiger partial charge is 0.0568 e. The minimum Gasteiger partial charge on any atom is -0.393 e. The highest BCUT2D eigenvalue weighted by Crippen LogP contribution is 2.17. The highest BCUT2D eigenvalue weighted by molar-refractivity contribution is 4.65. The van der Waals surface area contributed by atoms with Crippen LogP contribution in [0.2, 0.25) is 0 Å². The minimum absolute atomic E-state index is 0.0510. The molecule has 1 nitrogen and oxygen atoms in total. The van der Waals surface area contributed by atoms with E-state index in [0.717, 1.165) is 25.7 Å². The van der Waals surface area contributed by atoms with Gasteiger partial charge in [0.25, 0.3) is 0 Å². The third-order valence-electron chi connectivity index (χ3n) is 2.45. The molecule has 68 valence electrons. The maximum Gasteiger partial charge on any atom is 0.0568 e. The number of aliphatic hydroxyl groups excluding tert-OH is 1. The normalized spacial score (nSPS) is 13.9. The maximum atomic E-state index is 9.64. The fourth-order valence-electron chi connectivity index (χ4n) is 1.48. The van der Waals surface area contributed by atoms with Crippen molar-refractivity contribution in [3.8, 4) is 0 Å². The van der Waals surface area contributed by atoms with Gasteiger partial charge in [-0.15, -0.1) is 0 Å². The molecule has 0 aromatic heterocycles. The van der Waals surface area contributed by atoms with E-state index in [1.807, 2.05) is 0 Å². The van der Waals surface area contributed by atoms with Gasteiger partial charge in [0.05, 0.1) is 6.10 Å². The van der Waals surface area contributed by atoms with Crippen LogP contribution >= 0.6 is 0 Å². The standard InChI is InChI=1S/C10H22O/c1-4-7-8-10(11)9(5-2)6-3/h9-11H,4-8H2,1-3H3/t10-/m1/s1. The lowest BCUT2D eigenvalue weighted by Gasteiger charge is -2.19. The summed E-state index contributed by atoms with van der Waals surface area (Å²) in [6.45, 7) is 6.48.